The van der Waals surface area contributed by atoms with Crippen LogP contribution in [0, 0.1) is 6.92 Å². The second kappa shape index (κ2) is 9.62. The topological polar surface area (TPSA) is 120 Å². The van der Waals surface area contributed by atoms with Gasteiger partial charge in [0.2, 0.25) is 0 Å². The summed E-state index contributed by atoms with van der Waals surface area (Å²) in [5, 5.41) is 2.54. The number of H-pyrrole nitrogens is 1. The number of anilines is 1. The summed E-state index contributed by atoms with van der Waals surface area (Å²) in [6, 6.07) is 5.19. The molecule has 4 N–H and O–H groups in total. The zero-order valence-corrected chi connectivity index (χ0v) is 19.3. The molecule has 1 aliphatic rings. The lowest BCUT2D eigenvalue weighted by Gasteiger charge is -2.42. The number of aryl methyl sites for hydroxylation is 1. The lowest BCUT2D eigenvalue weighted by molar-refractivity contribution is -0.139. The van der Waals surface area contributed by atoms with E-state index < -0.39 is 17.3 Å². The molecule has 1 atom stereocenters. The normalized spacial score (nSPS) is 17.1. The highest BCUT2D eigenvalue weighted by Gasteiger charge is 2.37. The van der Waals surface area contributed by atoms with Gasteiger partial charge in [0.1, 0.15) is 11.3 Å². The molecule has 0 bridgehead atoms. The predicted molar refractivity (Wildman–Crippen MR) is 125 cm³/mol. The summed E-state index contributed by atoms with van der Waals surface area (Å²) in [5.41, 5.74) is 5.84. The van der Waals surface area contributed by atoms with Gasteiger partial charge in [0.25, 0.3) is 11.5 Å². The van der Waals surface area contributed by atoms with Crippen LogP contribution in [0.15, 0.2) is 35.4 Å². The number of carbonyl (C=O) groups excluding carboxylic acids is 1. The number of amides is 1. The Morgan fingerprint density at radius 2 is 2.03 bits per heavy atom. The fourth-order valence-corrected chi connectivity index (χ4v) is 4.43. The average molecular weight is 490 g/mol. The molecule has 12 heteroatoms. The number of aromatic amines is 1. The average Bonchev–Trinajstić information content (AvgIpc) is 2.82. The Morgan fingerprint density at radius 3 is 2.66 bits per heavy atom. The first kappa shape index (κ1) is 24.6. The van der Waals surface area contributed by atoms with Crippen LogP contribution in [0.25, 0.3) is 11.0 Å². The number of nitrogens with zero attached hydrogens (tertiary/aromatic N) is 4. The van der Waals surface area contributed by atoms with Crippen molar-refractivity contribution in [1.82, 2.24) is 25.2 Å². The van der Waals surface area contributed by atoms with E-state index in [1.807, 2.05) is 6.07 Å². The summed E-state index contributed by atoms with van der Waals surface area (Å²) in [4.78, 5) is 38.9. The molecule has 0 spiro atoms. The third kappa shape index (κ3) is 4.98. The molecule has 9 nitrogen and oxygen atoms in total. The zero-order valence-electron chi connectivity index (χ0n) is 19.3. The lowest BCUT2D eigenvalue weighted by atomic mass is 10.1. The Morgan fingerprint density at radius 1 is 1.26 bits per heavy atom. The van der Waals surface area contributed by atoms with Crippen LogP contribution >= 0.6 is 0 Å². The molecule has 186 valence electrons. The molecule has 4 rings (SSSR count). The second-order valence-corrected chi connectivity index (χ2v) is 8.48. The largest absolute Gasteiger partial charge is 0.422 e. The Hall–Kier alpha value is -3.51. The molecule has 3 aromatic heterocycles. The van der Waals surface area contributed by atoms with Crippen molar-refractivity contribution < 1.29 is 18.0 Å². The number of hydrogen-bond donors (Lipinski definition) is 3. The Labute approximate surface area is 199 Å². The van der Waals surface area contributed by atoms with Crippen molar-refractivity contribution in [2.24, 2.45) is 5.73 Å². The van der Waals surface area contributed by atoms with Crippen molar-refractivity contribution in [2.75, 3.05) is 38.1 Å². The van der Waals surface area contributed by atoms with E-state index in [0.717, 1.165) is 11.3 Å². The van der Waals surface area contributed by atoms with Crippen LogP contribution in [-0.2, 0) is 12.7 Å². The molecule has 1 fully saturated rings. The van der Waals surface area contributed by atoms with E-state index in [1.54, 1.807) is 25.4 Å². The van der Waals surface area contributed by atoms with Crippen LogP contribution in [0.4, 0.5) is 18.9 Å². The van der Waals surface area contributed by atoms with E-state index >= 15 is 0 Å². The molecule has 4 heterocycles. The molecule has 0 radical (unpaired) electrons. The SMILES string of the molecule is CNC(=O)c1ccc(N2CCN(Cc3cnc4c(C)c(C(F)(F)F)c(=O)[nH]c4c3)C(CN)C2)cn1. The summed E-state index contributed by atoms with van der Waals surface area (Å²) >= 11 is 0. The fraction of sp³-hybridized carbons (Fsp3) is 0.391. The number of piperazine rings is 1. The van der Waals surface area contributed by atoms with Gasteiger partial charge in [0, 0.05) is 52.0 Å². The molecular formula is C23H26F3N7O2. The number of hydrogen-bond acceptors (Lipinski definition) is 7. The van der Waals surface area contributed by atoms with Gasteiger partial charge >= 0.3 is 6.18 Å². The monoisotopic (exact) mass is 489 g/mol. The number of nitrogens with one attached hydrogen (secondary N) is 2. The molecule has 1 unspecified atom stereocenters. The standard InChI is InChI=1S/C23H26F3N7O2/c1-13-19(23(24,25)26)22(35)31-18-7-14(9-30-20(13)18)11-32-5-6-33(12-16(32)8-27)15-3-4-17(29-10-15)21(34)28-2/h3-4,7,9-10,16H,5-6,8,11-12,27H2,1-2H3,(H,28,34)(H,31,35). The minimum Gasteiger partial charge on any atom is -0.367 e. The van der Waals surface area contributed by atoms with Gasteiger partial charge in [-0.1, -0.05) is 0 Å². The number of alkyl halides is 3. The van der Waals surface area contributed by atoms with Crippen LogP contribution in [0.2, 0.25) is 0 Å². The van der Waals surface area contributed by atoms with Gasteiger partial charge < -0.3 is 20.9 Å². The third-order valence-electron chi connectivity index (χ3n) is 6.27. The fourth-order valence-electron chi connectivity index (χ4n) is 4.43. The van der Waals surface area contributed by atoms with Crippen molar-refractivity contribution in [2.45, 2.75) is 25.7 Å². The molecule has 1 aliphatic heterocycles. The summed E-state index contributed by atoms with van der Waals surface area (Å²) < 4.78 is 39.7. The van der Waals surface area contributed by atoms with Crippen molar-refractivity contribution in [3.63, 3.8) is 0 Å². The van der Waals surface area contributed by atoms with Crippen LogP contribution in [0.3, 0.4) is 0 Å². The van der Waals surface area contributed by atoms with Gasteiger partial charge in [0.05, 0.1) is 22.9 Å². The second-order valence-electron chi connectivity index (χ2n) is 8.48. The van der Waals surface area contributed by atoms with Crippen molar-refractivity contribution >= 4 is 22.6 Å². The van der Waals surface area contributed by atoms with Crippen LogP contribution in [0.5, 0.6) is 0 Å². The van der Waals surface area contributed by atoms with Crippen LogP contribution in [0.1, 0.15) is 27.2 Å². The van der Waals surface area contributed by atoms with E-state index in [1.165, 1.54) is 13.1 Å². The van der Waals surface area contributed by atoms with Gasteiger partial charge in [-0.3, -0.25) is 19.5 Å². The van der Waals surface area contributed by atoms with E-state index in [2.05, 4.69) is 30.1 Å². The van der Waals surface area contributed by atoms with Crippen LogP contribution in [-0.4, -0.2) is 65.0 Å². The first-order chi connectivity index (χ1) is 16.6. The molecule has 35 heavy (non-hydrogen) atoms. The number of fused-ring (bicyclic) bond motifs is 1. The van der Waals surface area contributed by atoms with Gasteiger partial charge in [-0.2, -0.15) is 13.2 Å². The quantitative estimate of drug-likeness (QED) is 0.499. The number of halogens is 3. The smallest absolute Gasteiger partial charge is 0.367 e. The molecule has 3 aromatic rings. The first-order valence-electron chi connectivity index (χ1n) is 11.1. The minimum absolute atomic E-state index is 0.00598. The molecular weight excluding hydrogens is 463 g/mol. The third-order valence-corrected chi connectivity index (χ3v) is 6.27. The summed E-state index contributed by atoms with van der Waals surface area (Å²) in [5.74, 6) is -0.253. The van der Waals surface area contributed by atoms with Gasteiger partial charge in [-0.05, 0) is 36.2 Å². The highest BCUT2D eigenvalue weighted by molar-refractivity contribution is 5.92. The number of nitrogens with two attached hydrogens (primary N) is 1. The maximum absolute atomic E-state index is 13.2. The lowest BCUT2D eigenvalue weighted by Crippen LogP contribution is -2.55. The molecule has 0 saturated carbocycles. The van der Waals surface area contributed by atoms with Crippen molar-refractivity contribution in [3.05, 3.63) is 63.3 Å². The van der Waals surface area contributed by atoms with E-state index in [-0.39, 0.29) is 28.5 Å². The molecule has 0 aliphatic carbocycles. The van der Waals surface area contributed by atoms with E-state index in [9.17, 15) is 22.8 Å². The van der Waals surface area contributed by atoms with Gasteiger partial charge in [0.15, 0.2) is 0 Å². The first-order valence-corrected chi connectivity index (χ1v) is 11.1. The highest BCUT2D eigenvalue weighted by atomic mass is 19.4. The van der Waals surface area contributed by atoms with Gasteiger partial charge in [-0.15, -0.1) is 0 Å². The molecule has 1 saturated heterocycles. The summed E-state index contributed by atoms with van der Waals surface area (Å²) in [6.07, 6.45) is -1.55. The summed E-state index contributed by atoms with van der Waals surface area (Å²) in [7, 11) is 1.55. The Kier molecular flexibility index (Phi) is 6.77. The van der Waals surface area contributed by atoms with Crippen LogP contribution < -0.4 is 21.5 Å². The Balaban J connectivity index is 1.51. The number of aromatic nitrogens is 3. The minimum atomic E-state index is -4.75. The molecule has 1 amide bonds. The predicted octanol–water partition coefficient (Wildman–Crippen LogP) is 1.65. The highest BCUT2D eigenvalue weighted by Crippen LogP contribution is 2.31. The van der Waals surface area contributed by atoms with E-state index in [0.29, 0.717) is 38.4 Å². The van der Waals surface area contributed by atoms with E-state index in [4.69, 9.17) is 5.73 Å². The van der Waals surface area contributed by atoms with Crippen molar-refractivity contribution in [1.29, 1.82) is 0 Å². The maximum Gasteiger partial charge on any atom is 0.422 e. The Bertz CT molecular complexity index is 1290. The molecule has 0 aromatic carbocycles. The summed E-state index contributed by atoms with van der Waals surface area (Å²) in [6.45, 7) is 4.15. The van der Waals surface area contributed by atoms with Crippen molar-refractivity contribution in [3.8, 4) is 0 Å². The number of pyridine rings is 3. The zero-order chi connectivity index (χ0) is 25.3. The number of rotatable bonds is 5. The maximum atomic E-state index is 13.2. The number of carbonyl (C=O) groups is 1. The van der Waals surface area contributed by atoms with Gasteiger partial charge in [-0.25, -0.2) is 4.98 Å².